The summed E-state index contributed by atoms with van der Waals surface area (Å²) in [7, 11) is 0. The van der Waals surface area contributed by atoms with E-state index in [2.05, 4.69) is 83.4 Å². The van der Waals surface area contributed by atoms with E-state index in [4.69, 9.17) is 23.8 Å². The highest BCUT2D eigenvalue weighted by atomic mass is 16.3. The fourth-order valence-electron chi connectivity index (χ4n) is 7.56. The van der Waals surface area contributed by atoms with Gasteiger partial charge in [0.25, 0.3) is 0 Å². The average molecular weight is 655 g/mol. The number of hydrogen-bond donors (Lipinski definition) is 0. The Hall–Kier alpha value is -7.05. The zero-order valence-corrected chi connectivity index (χ0v) is 27.1. The van der Waals surface area contributed by atoms with E-state index in [1.807, 2.05) is 78.9 Å². The summed E-state index contributed by atoms with van der Waals surface area (Å²) in [5.74, 6) is 1.78. The number of rotatable bonds is 4. The molecule has 6 nitrogen and oxygen atoms in total. The zero-order chi connectivity index (χ0) is 33.5. The molecule has 0 radical (unpaired) electrons. The molecule has 0 aliphatic rings. The van der Waals surface area contributed by atoms with Crippen molar-refractivity contribution >= 4 is 65.7 Å². The van der Waals surface area contributed by atoms with Crippen LogP contribution in [-0.2, 0) is 0 Å². The Morgan fingerprint density at radius 3 is 1.86 bits per heavy atom. The summed E-state index contributed by atoms with van der Waals surface area (Å²) < 4.78 is 15.0. The van der Waals surface area contributed by atoms with Crippen LogP contribution in [0.3, 0.4) is 0 Å². The number of furan rings is 2. The molecule has 0 aliphatic heterocycles. The number of hydrogen-bond acceptors (Lipinski definition) is 5. The summed E-state index contributed by atoms with van der Waals surface area (Å²) in [6.45, 7) is 0. The normalized spacial score (nSPS) is 11.9. The predicted octanol–water partition coefficient (Wildman–Crippen LogP) is 11.8. The van der Waals surface area contributed by atoms with Gasteiger partial charge in [0.1, 0.15) is 22.3 Å². The Labute approximate surface area is 290 Å². The fraction of sp³-hybridized carbons (Fsp3) is 0. The van der Waals surface area contributed by atoms with Crippen LogP contribution in [0.2, 0.25) is 0 Å². The van der Waals surface area contributed by atoms with Crippen molar-refractivity contribution in [3.8, 4) is 39.9 Å². The van der Waals surface area contributed by atoms with Crippen LogP contribution in [0.15, 0.2) is 167 Å². The van der Waals surface area contributed by atoms with Gasteiger partial charge in [-0.1, -0.05) is 97.1 Å². The molecule has 7 aromatic carbocycles. The first kappa shape index (κ1) is 27.9. The lowest BCUT2D eigenvalue weighted by molar-refractivity contribution is 0.669. The lowest BCUT2D eigenvalue weighted by atomic mass is 10.1. The Kier molecular flexibility index (Phi) is 5.86. The van der Waals surface area contributed by atoms with Gasteiger partial charge < -0.3 is 13.4 Å². The molecule has 6 heteroatoms. The number of fused-ring (bicyclic) bond motifs is 10. The van der Waals surface area contributed by atoms with Gasteiger partial charge in [0.15, 0.2) is 17.5 Å². The van der Waals surface area contributed by atoms with Crippen molar-refractivity contribution in [3.63, 3.8) is 0 Å². The van der Waals surface area contributed by atoms with E-state index in [-0.39, 0.29) is 0 Å². The van der Waals surface area contributed by atoms with E-state index in [9.17, 15) is 0 Å². The van der Waals surface area contributed by atoms with Crippen molar-refractivity contribution in [2.75, 3.05) is 0 Å². The number of nitrogens with zero attached hydrogens (tertiary/aromatic N) is 4. The monoisotopic (exact) mass is 654 g/mol. The van der Waals surface area contributed by atoms with E-state index in [1.165, 1.54) is 0 Å². The first-order valence-corrected chi connectivity index (χ1v) is 16.9. The minimum Gasteiger partial charge on any atom is -0.456 e. The summed E-state index contributed by atoms with van der Waals surface area (Å²) >= 11 is 0. The van der Waals surface area contributed by atoms with Crippen LogP contribution in [-0.4, -0.2) is 19.5 Å². The van der Waals surface area contributed by atoms with Gasteiger partial charge in [-0.2, -0.15) is 0 Å². The van der Waals surface area contributed by atoms with Gasteiger partial charge in [-0.05, 0) is 60.7 Å². The summed E-state index contributed by atoms with van der Waals surface area (Å²) in [4.78, 5) is 15.4. The third-order valence-electron chi connectivity index (χ3n) is 9.87. The van der Waals surface area contributed by atoms with Crippen molar-refractivity contribution in [1.29, 1.82) is 0 Å². The van der Waals surface area contributed by atoms with Gasteiger partial charge >= 0.3 is 0 Å². The molecule has 0 spiro atoms. The molecule has 0 N–H and O–H groups in total. The van der Waals surface area contributed by atoms with Crippen molar-refractivity contribution in [1.82, 2.24) is 19.5 Å². The number of benzene rings is 7. The maximum atomic E-state index is 6.57. The fourth-order valence-corrected chi connectivity index (χ4v) is 7.56. The lowest BCUT2D eigenvalue weighted by Gasteiger charge is -2.14. The Morgan fingerprint density at radius 2 is 1.02 bits per heavy atom. The molecule has 4 aromatic heterocycles. The van der Waals surface area contributed by atoms with Crippen LogP contribution in [0.5, 0.6) is 0 Å². The quantitative estimate of drug-likeness (QED) is 0.189. The molecule has 0 saturated heterocycles. The third kappa shape index (κ3) is 4.20. The Morgan fingerprint density at radius 1 is 0.392 bits per heavy atom. The van der Waals surface area contributed by atoms with Crippen molar-refractivity contribution < 1.29 is 8.83 Å². The summed E-state index contributed by atoms with van der Waals surface area (Å²) in [6.07, 6.45) is 0. The zero-order valence-electron chi connectivity index (χ0n) is 27.1. The van der Waals surface area contributed by atoms with Crippen LogP contribution >= 0.6 is 0 Å². The summed E-state index contributed by atoms with van der Waals surface area (Å²) in [6, 6.07) is 53.8. The van der Waals surface area contributed by atoms with Crippen LogP contribution < -0.4 is 0 Å². The van der Waals surface area contributed by atoms with E-state index in [0.29, 0.717) is 17.5 Å². The van der Waals surface area contributed by atoms with Gasteiger partial charge in [-0.3, -0.25) is 0 Å². The first-order chi connectivity index (χ1) is 25.3. The molecule has 0 bridgehead atoms. The van der Waals surface area contributed by atoms with Crippen LogP contribution in [0.25, 0.3) is 106 Å². The Balaban J connectivity index is 1.17. The second-order valence-electron chi connectivity index (χ2n) is 12.8. The lowest BCUT2D eigenvalue weighted by Crippen LogP contribution is -2.03. The Bertz CT molecular complexity index is 3150. The maximum absolute atomic E-state index is 6.57. The molecule has 0 aliphatic carbocycles. The molecule has 0 amide bonds. The smallest absolute Gasteiger partial charge is 0.166 e. The number of aromatic nitrogens is 4. The van der Waals surface area contributed by atoms with Crippen molar-refractivity contribution in [2.45, 2.75) is 0 Å². The molecule has 0 saturated carbocycles. The minimum absolute atomic E-state index is 0.586. The van der Waals surface area contributed by atoms with Gasteiger partial charge in [0, 0.05) is 43.6 Å². The maximum Gasteiger partial charge on any atom is 0.166 e. The van der Waals surface area contributed by atoms with Crippen LogP contribution in [0, 0.1) is 0 Å². The molecule has 4 heterocycles. The van der Waals surface area contributed by atoms with Gasteiger partial charge in [-0.15, -0.1) is 0 Å². The highest BCUT2D eigenvalue weighted by molar-refractivity contribution is 6.24. The minimum atomic E-state index is 0.586. The molecule has 238 valence electrons. The molecule has 11 rings (SSSR count). The topological polar surface area (TPSA) is 69.9 Å². The van der Waals surface area contributed by atoms with Gasteiger partial charge in [-0.25, -0.2) is 15.0 Å². The highest BCUT2D eigenvalue weighted by Gasteiger charge is 2.22. The largest absolute Gasteiger partial charge is 0.456 e. The standard InChI is InChI=1S/C45H26N4O2/c1-2-12-27(13-3-1)43-46-44(28-22-25-40-34(26-28)30-15-7-10-20-38(30)50-40)48-45(47-43)33-17-5-9-19-36(33)49-35-18-8-4-16-32(35)41-37(49)24-23-31-29-14-6-11-21-39(29)51-42(31)41/h1-26H. The second-order valence-corrected chi connectivity index (χ2v) is 12.8. The van der Waals surface area contributed by atoms with Crippen molar-refractivity contribution in [3.05, 3.63) is 158 Å². The molecule has 0 atom stereocenters. The van der Waals surface area contributed by atoms with Crippen LogP contribution in [0.1, 0.15) is 0 Å². The highest BCUT2D eigenvalue weighted by Crippen LogP contribution is 2.42. The number of para-hydroxylation sites is 4. The van der Waals surface area contributed by atoms with E-state index in [0.717, 1.165) is 88.1 Å². The van der Waals surface area contributed by atoms with E-state index >= 15 is 0 Å². The van der Waals surface area contributed by atoms with Gasteiger partial charge in [0.2, 0.25) is 0 Å². The molecular formula is C45H26N4O2. The van der Waals surface area contributed by atoms with E-state index < -0.39 is 0 Å². The average Bonchev–Trinajstić information content (AvgIpc) is 3.87. The summed E-state index contributed by atoms with van der Waals surface area (Å²) in [5, 5.41) is 6.49. The summed E-state index contributed by atoms with van der Waals surface area (Å²) in [5.41, 5.74) is 9.22. The van der Waals surface area contributed by atoms with Gasteiger partial charge in [0.05, 0.1) is 22.1 Å². The third-order valence-corrected chi connectivity index (χ3v) is 9.87. The molecule has 11 aromatic rings. The predicted molar refractivity (Wildman–Crippen MR) is 205 cm³/mol. The molecule has 0 unspecified atom stereocenters. The molecule has 0 fully saturated rings. The molecule has 51 heavy (non-hydrogen) atoms. The SMILES string of the molecule is c1ccc(-c2nc(-c3ccc4oc5ccccc5c4c3)nc(-c3ccccc3-n3c4ccccc4c4c5oc6ccccc6c5ccc43)n2)cc1. The molecular weight excluding hydrogens is 629 g/mol. The first-order valence-electron chi connectivity index (χ1n) is 16.9. The van der Waals surface area contributed by atoms with Crippen LogP contribution in [0.4, 0.5) is 0 Å². The van der Waals surface area contributed by atoms with Crippen molar-refractivity contribution in [2.24, 2.45) is 0 Å². The van der Waals surface area contributed by atoms with E-state index in [1.54, 1.807) is 0 Å². The second kappa shape index (κ2) is 10.7.